The van der Waals surface area contributed by atoms with Gasteiger partial charge >= 0.3 is 5.97 Å². The minimum absolute atomic E-state index is 0.0777. The number of para-hydroxylation sites is 2. The summed E-state index contributed by atoms with van der Waals surface area (Å²) in [6, 6.07) is 13.8. The molecule has 8 heteroatoms. The first-order valence-electron chi connectivity index (χ1n) is 7.03. The summed E-state index contributed by atoms with van der Waals surface area (Å²) in [6.07, 6.45) is -0.365. The fourth-order valence-electron chi connectivity index (χ4n) is 2.05. The largest absolute Gasteiger partial charge is 0.481 e. The Morgan fingerprint density at radius 1 is 1.08 bits per heavy atom. The number of carbonyl (C=O) groups is 2. The Hall–Kier alpha value is -2.71. The smallest absolute Gasteiger partial charge is 0.305 e. The summed E-state index contributed by atoms with van der Waals surface area (Å²) in [4.78, 5) is 21.5. The molecule has 24 heavy (non-hydrogen) atoms. The summed E-state index contributed by atoms with van der Waals surface area (Å²) < 4.78 is 27.1. The summed E-state index contributed by atoms with van der Waals surface area (Å²) in [5, 5.41) is 11.7. The predicted octanol–water partition coefficient (Wildman–Crippen LogP) is 1.75. The van der Waals surface area contributed by atoms with E-state index < -0.39 is 28.5 Å². The third kappa shape index (κ3) is 4.64. The van der Waals surface area contributed by atoms with Crippen molar-refractivity contribution in [1.29, 1.82) is 0 Å². The average molecular weight is 348 g/mol. The number of benzene rings is 2. The monoisotopic (exact) mass is 348 g/mol. The second kappa shape index (κ2) is 7.71. The Bertz CT molecular complexity index is 821. The second-order valence-corrected chi connectivity index (χ2v) is 6.63. The molecular weight excluding hydrogens is 332 g/mol. The topological polar surface area (TPSA) is 113 Å². The van der Waals surface area contributed by atoms with Crippen molar-refractivity contribution in [2.24, 2.45) is 0 Å². The summed E-state index contributed by atoms with van der Waals surface area (Å²) >= 11 is 0. The summed E-state index contributed by atoms with van der Waals surface area (Å²) in [7, 11) is -4.08. The van der Waals surface area contributed by atoms with Crippen molar-refractivity contribution < 1.29 is 23.1 Å². The van der Waals surface area contributed by atoms with Crippen LogP contribution in [0.3, 0.4) is 0 Å². The predicted molar refractivity (Wildman–Crippen MR) is 88.6 cm³/mol. The van der Waals surface area contributed by atoms with Gasteiger partial charge in [-0.05, 0) is 24.3 Å². The number of hydrogen-bond donors (Lipinski definition) is 3. The Morgan fingerprint density at radius 3 is 2.33 bits per heavy atom. The van der Waals surface area contributed by atoms with Gasteiger partial charge in [-0.1, -0.05) is 30.3 Å². The van der Waals surface area contributed by atoms with Gasteiger partial charge in [-0.3, -0.25) is 4.79 Å². The standard InChI is InChI=1S/C16H16N2O5S/c19-11-13(10-16(20)21)18-24(22,23)15-9-5-4-8-14(15)17-12-6-2-1-3-7-12/h1-9,11,13,17-18H,10H2,(H,20,21). The van der Waals surface area contributed by atoms with Gasteiger partial charge in [0.1, 0.15) is 11.2 Å². The quantitative estimate of drug-likeness (QED) is 0.627. The maximum atomic E-state index is 12.5. The Morgan fingerprint density at radius 2 is 1.71 bits per heavy atom. The minimum atomic E-state index is -4.08. The van der Waals surface area contributed by atoms with Crippen LogP contribution in [0, 0.1) is 0 Å². The lowest BCUT2D eigenvalue weighted by atomic mass is 10.2. The highest BCUT2D eigenvalue weighted by Crippen LogP contribution is 2.24. The molecule has 0 saturated carbocycles. The molecule has 2 rings (SSSR count). The van der Waals surface area contributed by atoms with Crippen LogP contribution in [0.4, 0.5) is 11.4 Å². The van der Waals surface area contributed by atoms with Crippen LogP contribution in [0.1, 0.15) is 6.42 Å². The van der Waals surface area contributed by atoms with Crippen LogP contribution in [0.25, 0.3) is 0 Å². The van der Waals surface area contributed by atoms with Crippen molar-refractivity contribution >= 4 is 33.7 Å². The molecule has 1 unspecified atom stereocenters. The maximum Gasteiger partial charge on any atom is 0.305 e. The Labute approximate surface area is 139 Å². The van der Waals surface area contributed by atoms with Gasteiger partial charge in [-0.15, -0.1) is 0 Å². The molecule has 2 aromatic rings. The lowest BCUT2D eigenvalue weighted by Gasteiger charge is -2.15. The van der Waals surface area contributed by atoms with Gasteiger partial charge in [0.05, 0.1) is 18.2 Å². The third-order valence-corrected chi connectivity index (χ3v) is 4.64. The molecule has 2 aromatic carbocycles. The fourth-order valence-corrected chi connectivity index (χ4v) is 3.38. The van der Waals surface area contributed by atoms with Crippen molar-refractivity contribution in [1.82, 2.24) is 4.72 Å². The number of carbonyl (C=O) groups excluding carboxylic acids is 1. The van der Waals surface area contributed by atoms with Crippen LogP contribution in [0.2, 0.25) is 0 Å². The highest BCUT2D eigenvalue weighted by molar-refractivity contribution is 7.89. The zero-order valence-electron chi connectivity index (χ0n) is 12.5. The molecule has 0 radical (unpaired) electrons. The molecule has 0 aliphatic heterocycles. The number of hydrogen-bond acceptors (Lipinski definition) is 5. The van der Waals surface area contributed by atoms with E-state index in [0.717, 1.165) is 0 Å². The number of sulfonamides is 1. The molecule has 0 aromatic heterocycles. The molecule has 0 amide bonds. The van der Waals surface area contributed by atoms with Crippen LogP contribution >= 0.6 is 0 Å². The first-order valence-corrected chi connectivity index (χ1v) is 8.51. The van der Waals surface area contributed by atoms with Gasteiger partial charge in [0.25, 0.3) is 0 Å². The number of rotatable bonds is 8. The molecule has 1 atom stereocenters. The molecule has 0 bridgehead atoms. The average Bonchev–Trinajstić information content (AvgIpc) is 2.55. The Balaban J connectivity index is 2.30. The van der Waals surface area contributed by atoms with Crippen molar-refractivity contribution in [2.45, 2.75) is 17.4 Å². The van der Waals surface area contributed by atoms with E-state index in [0.29, 0.717) is 11.4 Å². The van der Waals surface area contributed by atoms with Gasteiger partial charge < -0.3 is 15.2 Å². The van der Waals surface area contributed by atoms with E-state index in [1.165, 1.54) is 12.1 Å². The number of aliphatic carboxylic acids is 1. The van der Waals surface area contributed by atoms with Crippen LogP contribution in [-0.4, -0.2) is 31.8 Å². The van der Waals surface area contributed by atoms with Gasteiger partial charge in [-0.25, -0.2) is 13.1 Å². The SMILES string of the molecule is O=CC(CC(=O)O)NS(=O)(=O)c1ccccc1Nc1ccccc1. The van der Waals surface area contributed by atoms with Crippen molar-refractivity contribution in [3.05, 3.63) is 54.6 Å². The first-order chi connectivity index (χ1) is 11.4. The second-order valence-electron chi connectivity index (χ2n) is 4.95. The minimum Gasteiger partial charge on any atom is -0.481 e. The fraction of sp³-hybridized carbons (Fsp3) is 0.125. The van der Waals surface area contributed by atoms with Crippen LogP contribution in [0.5, 0.6) is 0 Å². The van der Waals surface area contributed by atoms with Crippen LogP contribution in [-0.2, 0) is 19.6 Å². The molecule has 126 valence electrons. The Kier molecular flexibility index (Phi) is 5.67. The first kappa shape index (κ1) is 17.6. The van der Waals surface area contributed by atoms with E-state index in [2.05, 4.69) is 10.0 Å². The number of anilines is 2. The lowest BCUT2D eigenvalue weighted by molar-refractivity contribution is -0.138. The third-order valence-electron chi connectivity index (χ3n) is 3.09. The molecule has 0 spiro atoms. The maximum absolute atomic E-state index is 12.5. The van der Waals surface area contributed by atoms with Crippen molar-refractivity contribution in [2.75, 3.05) is 5.32 Å². The van der Waals surface area contributed by atoms with Gasteiger partial charge in [0.15, 0.2) is 0 Å². The van der Waals surface area contributed by atoms with Crippen LogP contribution < -0.4 is 10.0 Å². The molecule has 0 saturated heterocycles. The van der Waals surface area contributed by atoms with Gasteiger partial charge in [0, 0.05) is 5.69 Å². The molecule has 0 aliphatic carbocycles. The molecule has 7 nitrogen and oxygen atoms in total. The normalized spacial score (nSPS) is 12.3. The van der Waals surface area contributed by atoms with Gasteiger partial charge in [0.2, 0.25) is 10.0 Å². The highest BCUT2D eigenvalue weighted by Gasteiger charge is 2.24. The molecular formula is C16H16N2O5S. The van der Waals surface area contributed by atoms with Crippen molar-refractivity contribution in [3.8, 4) is 0 Å². The van der Waals surface area contributed by atoms with E-state index in [1.807, 2.05) is 6.07 Å². The summed E-state index contributed by atoms with van der Waals surface area (Å²) in [5.74, 6) is -1.27. The number of nitrogens with one attached hydrogen (secondary N) is 2. The molecule has 0 aliphatic rings. The van der Waals surface area contributed by atoms with E-state index in [-0.39, 0.29) is 11.2 Å². The summed E-state index contributed by atoms with van der Waals surface area (Å²) in [6.45, 7) is 0. The molecule has 0 heterocycles. The lowest BCUT2D eigenvalue weighted by Crippen LogP contribution is -2.37. The number of carboxylic acid groups (broad SMARTS) is 1. The van der Waals surface area contributed by atoms with E-state index >= 15 is 0 Å². The van der Waals surface area contributed by atoms with Crippen LogP contribution in [0.15, 0.2) is 59.5 Å². The number of carboxylic acids is 1. The number of aldehydes is 1. The summed E-state index contributed by atoms with van der Waals surface area (Å²) in [5.41, 5.74) is 1.01. The van der Waals surface area contributed by atoms with Crippen molar-refractivity contribution in [3.63, 3.8) is 0 Å². The zero-order chi connectivity index (χ0) is 17.6. The highest BCUT2D eigenvalue weighted by atomic mass is 32.2. The molecule has 3 N–H and O–H groups in total. The van der Waals surface area contributed by atoms with E-state index in [1.54, 1.807) is 36.4 Å². The van der Waals surface area contributed by atoms with E-state index in [4.69, 9.17) is 5.11 Å². The van der Waals surface area contributed by atoms with E-state index in [9.17, 15) is 18.0 Å². The zero-order valence-corrected chi connectivity index (χ0v) is 13.4. The van der Waals surface area contributed by atoms with Gasteiger partial charge in [-0.2, -0.15) is 0 Å². The molecule has 0 fully saturated rings.